The van der Waals surface area contributed by atoms with E-state index in [-0.39, 0.29) is 36.0 Å². The molecule has 2 atom stereocenters. The molecule has 1 aliphatic heterocycles. The Balaban J connectivity index is 0.00000225. The lowest BCUT2D eigenvalue weighted by Crippen LogP contribution is -2.27. The lowest BCUT2D eigenvalue weighted by atomic mass is 9.90. The van der Waals surface area contributed by atoms with E-state index in [4.69, 9.17) is 0 Å². The van der Waals surface area contributed by atoms with E-state index >= 15 is 0 Å². The molecule has 6 nitrogen and oxygen atoms in total. The molecule has 3 heterocycles. The molecule has 1 aliphatic rings. The number of halogens is 2. The number of rotatable bonds is 5. The summed E-state index contributed by atoms with van der Waals surface area (Å²) in [6.45, 7) is 1.37. The van der Waals surface area contributed by atoms with Crippen molar-refractivity contribution >= 4 is 34.8 Å². The molecular formula is C19H21ClFN5OS. The van der Waals surface area contributed by atoms with Crippen molar-refractivity contribution in [2.24, 2.45) is 13.0 Å². The molecule has 2 N–H and O–H groups in total. The van der Waals surface area contributed by atoms with E-state index in [9.17, 15) is 9.18 Å². The summed E-state index contributed by atoms with van der Waals surface area (Å²) in [6, 6.07) is 6.69. The van der Waals surface area contributed by atoms with Crippen molar-refractivity contribution in [2.75, 3.05) is 18.4 Å². The average molecular weight is 422 g/mol. The fourth-order valence-corrected chi connectivity index (χ4v) is 4.25. The summed E-state index contributed by atoms with van der Waals surface area (Å²) in [5.41, 5.74) is 1.68. The summed E-state index contributed by atoms with van der Waals surface area (Å²) in [4.78, 5) is 17.9. The molecular weight excluding hydrogens is 401 g/mol. The maximum Gasteiger partial charge on any atom is 0.231 e. The molecule has 0 bridgehead atoms. The second-order valence-electron chi connectivity index (χ2n) is 6.71. The van der Waals surface area contributed by atoms with Crippen molar-refractivity contribution in [1.29, 1.82) is 0 Å². The van der Waals surface area contributed by atoms with Crippen LogP contribution in [-0.4, -0.2) is 33.8 Å². The highest BCUT2D eigenvalue weighted by molar-refractivity contribution is 7.15. The predicted octanol–water partition coefficient (Wildman–Crippen LogP) is 2.97. The van der Waals surface area contributed by atoms with Crippen molar-refractivity contribution < 1.29 is 9.18 Å². The van der Waals surface area contributed by atoms with Gasteiger partial charge in [0.15, 0.2) is 5.13 Å². The first-order valence-corrected chi connectivity index (χ1v) is 9.60. The molecule has 3 aromatic rings. The number of aryl methyl sites for hydroxylation is 1. The van der Waals surface area contributed by atoms with Crippen molar-refractivity contribution in [2.45, 2.75) is 12.3 Å². The minimum absolute atomic E-state index is 0. The van der Waals surface area contributed by atoms with Gasteiger partial charge in [0.1, 0.15) is 5.82 Å². The van der Waals surface area contributed by atoms with Crippen LogP contribution in [0.5, 0.6) is 0 Å². The van der Waals surface area contributed by atoms with Gasteiger partial charge in [0, 0.05) is 49.7 Å². The van der Waals surface area contributed by atoms with Crippen molar-refractivity contribution in [3.05, 3.63) is 64.7 Å². The zero-order chi connectivity index (χ0) is 18.8. The minimum atomic E-state index is -0.229. The number of thiazole rings is 1. The quantitative estimate of drug-likeness (QED) is 0.664. The Morgan fingerprint density at radius 2 is 2.18 bits per heavy atom. The van der Waals surface area contributed by atoms with Gasteiger partial charge in [0.05, 0.1) is 12.1 Å². The molecule has 0 radical (unpaired) electrons. The average Bonchev–Trinajstić information content (AvgIpc) is 3.37. The smallest absolute Gasteiger partial charge is 0.231 e. The van der Waals surface area contributed by atoms with Gasteiger partial charge in [-0.3, -0.25) is 9.48 Å². The Morgan fingerprint density at radius 3 is 2.93 bits per heavy atom. The van der Waals surface area contributed by atoms with Crippen LogP contribution in [0.25, 0.3) is 0 Å². The lowest BCUT2D eigenvalue weighted by Gasteiger charge is -2.15. The highest BCUT2D eigenvalue weighted by atomic mass is 35.5. The summed E-state index contributed by atoms with van der Waals surface area (Å²) in [7, 11) is 1.87. The van der Waals surface area contributed by atoms with Gasteiger partial charge in [-0.05, 0) is 17.2 Å². The number of hydrogen-bond donors (Lipinski definition) is 2. The first-order chi connectivity index (χ1) is 13.1. The number of benzene rings is 1. The maximum atomic E-state index is 13.8. The van der Waals surface area contributed by atoms with E-state index in [1.807, 2.05) is 25.5 Å². The Kier molecular flexibility index (Phi) is 6.43. The van der Waals surface area contributed by atoms with Crippen LogP contribution in [0.3, 0.4) is 0 Å². The first kappa shape index (κ1) is 20.4. The zero-order valence-corrected chi connectivity index (χ0v) is 16.9. The predicted molar refractivity (Wildman–Crippen MR) is 110 cm³/mol. The number of aromatic nitrogens is 3. The van der Waals surface area contributed by atoms with Crippen LogP contribution in [0.4, 0.5) is 9.52 Å². The Bertz CT molecular complexity index is 959. The van der Waals surface area contributed by atoms with Gasteiger partial charge >= 0.3 is 0 Å². The van der Waals surface area contributed by atoms with Crippen molar-refractivity contribution in [3.63, 3.8) is 0 Å². The Morgan fingerprint density at radius 1 is 1.36 bits per heavy atom. The highest BCUT2D eigenvalue weighted by Gasteiger charge is 2.35. The standard InChI is InChI=1S/C19H20FN5OS.ClH/c1-25-11-13(7-23-25)15-9-21-10-16(15)18(26)24-19-22-8-14(27-19)6-12-4-2-3-5-17(12)20;/h2-5,7-8,11,15-16,21H,6,9-10H2,1H3,(H,22,24,26);1H/t15-,16+;/m1./s1. The Hall–Kier alpha value is -2.29. The monoisotopic (exact) mass is 421 g/mol. The zero-order valence-electron chi connectivity index (χ0n) is 15.3. The van der Waals surface area contributed by atoms with Gasteiger partial charge < -0.3 is 10.6 Å². The fraction of sp³-hybridized carbons (Fsp3) is 0.316. The van der Waals surface area contributed by atoms with E-state index in [0.717, 1.165) is 17.0 Å². The molecule has 1 amide bonds. The number of nitrogens with zero attached hydrogens (tertiary/aromatic N) is 3. The largest absolute Gasteiger partial charge is 0.315 e. The van der Waals surface area contributed by atoms with Gasteiger partial charge in [-0.2, -0.15) is 5.10 Å². The van der Waals surface area contributed by atoms with E-state index in [1.54, 1.807) is 23.0 Å². The molecule has 0 unspecified atom stereocenters. The third-order valence-corrected chi connectivity index (χ3v) is 5.72. The molecule has 0 saturated carbocycles. The van der Waals surface area contributed by atoms with E-state index < -0.39 is 0 Å². The molecule has 0 aliphatic carbocycles. The number of anilines is 1. The number of nitrogens with one attached hydrogen (secondary N) is 2. The third kappa shape index (κ3) is 4.40. The maximum absolute atomic E-state index is 13.8. The van der Waals surface area contributed by atoms with Crippen molar-refractivity contribution in [3.8, 4) is 0 Å². The summed E-state index contributed by atoms with van der Waals surface area (Å²) >= 11 is 1.38. The SMILES string of the molecule is Cl.Cn1cc([C@H]2CNC[C@@H]2C(=O)Nc2ncc(Cc3ccccc3F)s2)cn1. The number of hydrogen-bond acceptors (Lipinski definition) is 5. The summed E-state index contributed by atoms with van der Waals surface area (Å²) < 4.78 is 15.6. The number of amides is 1. The van der Waals surface area contributed by atoms with Gasteiger partial charge in [-0.1, -0.05) is 18.2 Å². The second kappa shape index (κ2) is 8.81. The van der Waals surface area contributed by atoms with Crippen LogP contribution < -0.4 is 10.6 Å². The van der Waals surface area contributed by atoms with E-state index in [0.29, 0.717) is 23.7 Å². The molecule has 4 rings (SSSR count). The summed E-state index contributed by atoms with van der Waals surface area (Å²) in [5, 5.41) is 11.0. The van der Waals surface area contributed by atoms with Crippen LogP contribution in [0.2, 0.25) is 0 Å². The van der Waals surface area contributed by atoms with E-state index in [1.165, 1.54) is 17.4 Å². The van der Waals surface area contributed by atoms with Crippen molar-refractivity contribution in [1.82, 2.24) is 20.1 Å². The summed E-state index contributed by atoms with van der Waals surface area (Å²) in [6.07, 6.45) is 5.92. The topological polar surface area (TPSA) is 71.8 Å². The normalized spacial score (nSPS) is 18.6. The molecule has 2 aromatic heterocycles. The Labute approximate surface area is 172 Å². The van der Waals surface area contributed by atoms with Crippen LogP contribution in [0, 0.1) is 11.7 Å². The third-order valence-electron chi connectivity index (χ3n) is 4.81. The van der Waals surface area contributed by atoms with Crippen LogP contribution in [0.1, 0.15) is 21.9 Å². The molecule has 28 heavy (non-hydrogen) atoms. The molecule has 1 aromatic carbocycles. The molecule has 1 fully saturated rings. The molecule has 148 valence electrons. The molecule has 0 spiro atoms. The summed E-state index contributed by atoms with van der Waals surface area (Å²) in [5.74, 6) is -0.363. The van der Waals surface area contributed by atoms with Gasteiger partial charge in [0.25, 0.3) is 0 Å². The number of carbonyl (C=O) groups excluding carboxylic acids is 1. The molecule has 1 saturated heterocycles. The highest BCUT2D eigenvalue weighted by Crippen LogP contribution is 2.30. The van der Waals surface area contributed by atoms with Crippen LogP contribution in [-0.2, 0) is 18.3 Å². The lowest BCUT2D eigenvalue weighted by molar-refractivity contribution is -0.119. The van der Waals surface area contributed by atoms with Gasteiger partial charge in [-0.15, -0.1) is 23.7 Å². The molecule has 9 heteroatoms. The second-order valence-corrected chi connectivity index (χ2v) is 7.82. The minimum Gasteiger partial charge on any atom is -0.315 e. The van der Waals surface area contributed by atoms with Gasteiger partial charge in [0.2, 0.25) is 5.91 Å². The first-order valence-electron chi connectivity index (χ1n) is 8.78. The van der Waals surface area contributed by atoms with E-state index in [2.05, 4.69) is 20.7 Å². The van der Waals surface area contributed by atoms with Crippen LogP contribution >= 0.6 is 23.7 Å². The fourth-order valence-electron chi connectivity index (χ4n) is 3.41. The number of carbonyl (C=O) groups is 1. The van der Waals surface area contributed by atoms with Gasteiger partial charge in [-0.25, -0.2) is 9.37 Å². The van der Waals surface area contributed by atoms with Crippen LogP contribution in [0.15, 0.2) is 42.9 Å².